The number of amides is 2. The summed E-state index contributed by atoms with van der Waals surface area (Å²) in [6, 6.07) is 14.0. The van der Waals surface area contributed by atoms with Crippen LogP contribution in [0.3, 0.4) is 0 Å². The van der Waals surface area contributed by atoms with Crippen molar-refractivity contribution in [3.8, 4) is 11.8 Å². The zero-order valence-electron chi connectivity index (χ0n) is 23.4. The van der Waals surface area contributed by atoms with Crippen LogP contribution in [0.5, 0.6) is 0 Å². The number of carbonyl (C=O) groups excluding carboxylic acids is 3. The molecule has 4 N–H and O–H groups in total. The maximum Gasteiger partial charge on any atom is 0.267 e. The van der Waals surface area contributed by atoms with Crippen molar-refractivity contribution in [2.24, 2.45) is 5.73 Å². The number of nitrogens with two attached hydrogens (primary N) is 1. The molecule has 11 heteroatoms. The monoisotopic (exact) mass is 574 g/mol. The van der Waals surface area contributed by atoms with Gasteiger partial charge in [0.2, 0.25) is 17.4 Å². The molecule has 7 rings (SSSR count). The molecule has 0 radical (unpaired) electrons. The summed E-state index contributed by atoms with van der Waals surface area (Å²) in [4.78, 5) is 56.4. The largest absolute Gasteiger partial charge is 0.368 e. The Labute approximate surface area is 248 Å². The van der Waals surface area contributed by atoms with E-state index in [1.165, 1.54) is 10.6 Å². The SMILES string of the molecule is NC(=O)C1c2cc(C#Cc3ncccn3)ccc2NN1C(C=O)(C(=O)N1CCc2c([nH]c3ccccc23)C1)N1CCCC1. The minimum atomic E-state index is -1.79. The molecule has 0 bridgehead atoms. The van der Waals surface area contributed by atoms with Crippen molar-refractivity contribution in [2.75, 3.05) is 25.1 Å². The minimum absolute atomic E-state index is 0.329. The maximum absolute atomic E-state index is 14.7. The van der Waals surface area contributed by atoms with Gasteiger partial charge in [0.05, 0.1) is 12.2 Å². The molecule has 3 aliphatic heterocycles. The number of primary amides is 1. The van der Waals surface area contributed by atoms with Gasteiger partial charge in [0.1, 0.15) is 6.04 Å². The number of carbonyl (C=O) groups is 3. The molecule has 0 saturated carbocycles. The van der Waals surface area contributed by atoms with Crippen molar-refractivity contribution in [1.82, 2.24) is 29.8 Å². The average molecular weight is 575 g/mol. The quantitative estimate of drug-likeness (QED) is 0.187. The van der Waals surface area contributed by atoms with Crippen molar-refractivity contribution in [3.63, 3.8) is 0 Å². The normalized spacial score (nSPS) is 19.5. The van der Waals surface area contributed by atoms with Gasteiger partial charge in [0.15, 0.2) is 6.29 Å². The molecule has 43 heavy (non-hydrogen) atoms. The molecule has 4 aromatic rings. The Morgan fingerprint density at radius 2 is 1.81 bits per heavy atom. The first-order chi connectivity index (χ1) is 21.0. The van der Waals surface area contributed by atoms with Crippen molar-refractivity contribution >= 4 is 34.7 Å². The smallest absolute Gasteiger partial charge is 0.267 e. The van der Waals surface area contributed by atoms with Gasteiger partial charge in [-0.1, -0.05) is 24.1 Å². The van der Waals surface area contributed by atoms with Crippen LogP contribution < -0.4 is 11.2 Å². The lowest BCUT2D eigenvalue weighted by Crippen LogP contribution is -2.71. The van der Waals surface area contributed by atoms with Gasteiger partial charge < -0.3 is 21.0 Å². The number of rotatable bonds is 5. The predicted molar refractivity (Wildman–Crippen MR) is 159 cm³/mol. The Hall–Kier alpha value is -5.05. The Balaban J connectivity index is 1.26. The van der Waals surface area contributed by atoms with Gasteiger partial charge in [0.25, 0.3) is 5.91 Å². The summed E-state index contributed by atoms with van der Waals surface area (Å²) in [5.41, 5.74) is 12.4. The van der Waals surface area contributed by atoms with E-state index in [0.717, 1.165) is 29.4 Å². The first kappa shape index (κ1) is 26.8. The first-order valence-corrected chi connectivity index (χ1v) is 14.4. The zero-order valence-corrected chi connectivity index (χ0v) is 23.4. The summed E-state index contributed by atoms with van der Waals surface area (Å²) in [5, 5.41) is 2.60. The maximum atomic E-state index is 14.7. The molecule has 11 nitrogen and oxygen atoms in total. The average Bonchev–Trinajstić information content (AvgIpc) is 3.79. The van der Waals surface area contributed by atoms with Gasteiger partial charge >= 0.3 is 0 Å². The highest BCUT2D eigenvalue weighted by molar-refractivity contribution is 6.03. The lowest BCUT2D eigenvalue weighted by Gasteiger charge is -2.46. The van der Waals surface area contributed by atoms with Crippen LogP contribution >= 0.6 is 0 Å². The number of hydrogen-bond donors (Lipinski definition) is 3. The number of anilines is 1. The number of para-hydroxylation sites is 1. The number of hydrazine groups is 1. The van der Waals surface area contributed by atoms with E-state index in [2.05, 4.69) is 38.3 Å². The summed E-state index contributed by atoms with van der Waals surface area (Å²) >= 11 is 0. The van der Waals surface area contributed by atoms with Crippen molar-refractivity contribution in [2.45, 2.75) is 37.5 Å². The van der Waals surface area contributed by atoms with Crippen LogP contribution in [0.1, 0.15) is 47.1 Å². The van der Waals surface area contributed by atoms with Crippen LogP contribution in [0, 0.1) is 11.8 Å². The van der Waals surface area contributed by atoms with Gasteiger partial charge in [-0.05, 0) is 61.1 Å². The molecule has 5 heterocycles. The molecule has 2 aromatic carbocycles. The van der Waals surface area contributed by atoms with E-state index < -0.39 is 17.6 Å². The molecular formula is C32H30N8O3. The molecule has 0 aliphatic carbocycles. The van der Waals surface area contributed by atoms with E-state index in [4.69, 9.17) is 5.73 Å². The van der Waals surface area contributed by atoms with Crippen LogP contribution in [-0.4, -0.2) is 73.2 Å². The zero-order chi connectivity index (χ0) is 29.6. The number of fused-ring (bicyclic) bond motifs is 4. The van der Waals surface area contributed by atoms with Gasteiger partial charge in [-0.15, -0.1) is 0 Å². The fourth-order valence-electron chi connectivity index (χ4n) is 6.59. The summed E-state index contributed by atoms with van der Waals surface area (Å²) in [6.07, 6.45) is 6.21. The number of aromatic nitrogens is 3. The van der Waals surface area contributed by atoms with Gasteiger partial charge in [0, 0.05) is 59.8 Å². The van der Waals surface area contributed by atoms with Gasteiger partial charge in [-0.2, -0.15) is 5.01 Å². The van der Waals surface area contributed by atoms with E-state index in [1.54, 1.807) is 41.6 Å². The lowest BCUT2D eigenvalue weighted by atomic mass is 9.98. The van der Waals surface area contributed by atoms with Crippen LogP contribution in [0.2, 0.25) is 0 Å². The Kier molecular flexibility index (Phi) is 6.65. The van der Waals surface area contributed by atoms with E-state index in [0.29, 0.717) is 61.5 Å². The highest BCUT2D eigenvalue weighted by atomic mass is 16.2. The van der Waals surface area contributed by atoms with E-state index in [9.17, 15) is 14.4 Å². The van der Waals surface area contributed by atoms with Crippen LogP contribution in [0.25, 0.3) is 10.9 Å². The number of benzene rings is 2. The van der Waals surface area contributed by atoms with E-state index in [1.807, 2.05) is 23.1 Å². The summed E-state index contributed by atoms with van der Waals surface area (Å²) in [5.74, 6) is 5.26. The topological polar surface area (TPSA) is 141 Å². The standard InChI is InChI=1S/C32H30N8O3/c33-30(42)29-24-18-21(9-11-28-34-13-5-14-35-28)8-10-26(24)37-40(29)32(20-41,39-15-3-4-16-39)31(43)38-17-12-23-22-6-1-2-7-25(22)36-27(23)19-38/h1-2,5-8,10,13-14,18,20,29,36-37H,3-4,12,15-17,19H2,(H2,33,42). The Morgan fingerprint density at radius 1 is 1.02 bits per heavy atom. The van der Waals surface area contributed by atoms with Crippen molar-refractivity contribution in [3.05, 3.63) is 89.1 Å². The van der Waals surface area contributed by atoms with Gasteiger partial charge in [-0.3, -0.25) is 19.3 Å². The molecule has 0 spiro atoms. The van der Waals surface area contributed by atoms with Crippen molar-refractivity contribution in [1.29, 1.82) is 0 Å². The minimum Gasteiger partial charge on any atom is -0.368 e. The number of likely N-dealkylation sites (tertiary alicyclic amines) is 1. The lowest BCUT2D eigenvalue weighted by molar-refractivity contribution is -0.165. The fraction of sp³-hybridized carbons (Fsp3) is 0.281. The molecule has 3 aliphatic rings. The van der Waals surface area contributed by atoms with Crippen LogP contribution in [0.4, 0.5) is 5.69 Å². The summed E-state index contributed by atoms with van der Waals surface area (Å²) < 4.78 is 0. The Morgan fingerprint density at radius 3 is 2.58 bits per heavy atom. The molecule has 1 fully saturated rings. The number of aldehydes is 1. The number of nitrogens with zero attached hydrogens (tertiary/aromatic N) is 5. The highest BCUT2D eigenvalue weighted by Gasteiger charge is 2.58. The van der Waals surface area contributed by atoms with Crippen molar-refractivity contribution < 1.29 is 14.4 Å². The number of H-pyrrole nitrogens is 1. The highest BCUT2D eigenvalue weighted by Crippen LogP contribution is 2.42. The van der Waals surface area contributed by atoms with Gasteiger partial charge in [-0.25, -0.2) is 9.97 Å². The second kappa shape index (κ2) is 10.7. The number of nitrogens with one attached hydrogen (secondary N) is 2. The molecule has 1 saturated heterocycles. The first-order valence-electron chi connectivity index (χ1n) is 14.4. The molecule has 2 unspecified atom stereocenters. The Bertz CT molecular complexity index is 1800. The predicted octanol–water partition coefficient (Wildman–Crippen LogP) is 2.10. The number of aromatic amines is 1. The van der Waals surface area contributed by atoms with E-state index in [-0.39, 0.29) is 5.91 Å². The summed E-state index contributed by atoms with van der Waals surface area (Å²) in [6.45, 7) is 1.84. The fourth-order valence-corrected chi connectivity index (χ4v) is 6.59. The third-order valence-corrected chi connectivity index (χ3v) is 8.60. The third-order valence-electron chi connectivity index (χ3n) is 8.60. The van der Waals surface area contributed by atoms with Crippen LogP contribution in [0.15, 0.2) is 60.9 Å². The van der Waals surface area contributed by atoms with E-state index >= 15 is 0 Å². The van der Waals surface area contributed by atoms with Crippen LogP contribution in [-0.2, 0) is 27.3 Å². The number of hydrogen-bond acceptors (Lipinski definition) is 8. The molecule has 2 atom stereocenters. The molecular weight excluding hydrogens is 544 g/mol. The molecule has 2 amide bonds. The molecule has 216 valence electrons. The second-order valence-corrected chi connectivity index (χ2v) is 11.1. The molecule has 2 aromatic heterocycles. The third kappa shape index (κ3) is 4.43. The summed E-state index contributed by atoms with van der Waals surface area (Å²) in [7, 11) is 0. The second-order valence-electron chi connectivity index (χ2n) is 11.1.